The van der Waals surface area contributed by atoms with Gasteiger partial charge in [-0.05, 0) is 38.8 Å². The van der Waals surface area contributed by atoms with Gasteiger partial charge in [-0.2, -0.15) is 0 Å². The Labute approximate surface area is 142 Å². The molecule has 0 aromatic heterocycles. The highest BCUT2D eigenvalue weighted by Crippen LogP contribution is 2.27. The highest BCUT2D eigenvalue weighted by atomic mass is 16.7. The number of hydrogen-bond acceptors (Lipinski definition) is 5. The number of carbonyl (C=O) groups excluding carboxylic acids is 2. The van der Waals surface area contributed by atoms with Gasteiger partial charge in [0.15, 0.2) is 6.29 Å². The van der Waals surface area contributed by atoms with E-state index >= 15 is 0 Å². The molecule has 0 saturated heterocycles. The van der Waals surface area contributed by atoms with Crippen LogP contribution in [-0.2, 0) is 20.8 Å². The zero-order valence-electron chi connectivity index (χ0n) is 14.6. The second-order valence-electron chi connectivity index (χ2n) is 7.07. The molecule has 0 spiro atoms. The first-order valence-corrected chi connectivity index (χ1v) is 7.95. The van der Waals surface area contributed by atoms with E-state index in [1.54, 1.807) is 20.8 Å². The van der Waals surface area contributed by atoms with Gasteiger partial charge in [0, 0.05) is 12.8 Å². The van der Waals surface area contributed by atoms with Crippen molar-refractivity contribution in [3.63, 3.8) is 0 Å². The van der Waals surface area contributed by atoms with Gasteiger partial charge in [-0.3, -0.25) is 4.79 Å². The smallest absolute Gasteiger partial charge is 0.407 e. The molecule has 0 fully saturated rings. The molecule has 1 aromatic carbocycles. The number of amides is 1. The Morgan fingerprint density at radius 2 is 2.12 bits per heavy atom. The van der Waals surface area contributed by atoms with E-state index in [9.17, 15) is 9.59 Å². The standard InChI is InChI=1S/C18H24N2O4/c1-13-7-5-6-8-14(13)9-18(12-21)10-15(20-24-18)11-19-16(22)23-17(2,3)4/h5-8,12H,9-11H2,1-4H3,(H,19,22). The van der Waals surface area contributed by atoms with Crippen molar-refractivity contribution in [3.05, 3.63) is 35.4 Å². The Hall–Kier alpha value is -2.37. The van der Waals surface area contributed by atoms with E-state index in [2.05, 4.69) is 10.5 Å². The quantitative estimate of drug-likeness (QED) is 0.841. The molecule has 24 heavy (non-hydrogen) atoms. The largest absolute Gasteiger partial charge is 0.444 e. The summed E-state index contributed by atoms with van der Waals surface area (Å²) in [4.78, 5) is 28.7. The topological polar surface area (TPSA) is 77.0 Å². The third kappa shape index (κ3) is 4.81. The van der Waals surface area contributed by atoms with Crippen LogP contribution in [0.1, 0.15) is 38.3 Å². The van der Waals surface area contributed by atoms with Crippen LogP contribution >= 0.6 is 0 Å². The number of nitrogens with zero attached hydrogens (tertiary/aromatic N) is 1. The Morgan fingerprint density at radius 1 is 1.42 bits per heavy atom. The Kier molecular flexibility index (Phi) is 5.26. The van der Waals surface area contributed by atoms with E-state index < -0.39 is 17.3 Å². The number of aryl methyl sites for hydroxylation is 1. The van der Waals surface area contributed by atoms with E-state index in [4.69, 9.17) is 9.57 Å². The minimum absolute atomic E-state index is 0.193. The van der Waals surface area contributed by atoms with Crippen LogP contribution in [0.2, 0.25) is 0 Å². The van der Waals surface area contributed by atoms with Gasteiger partial charge in [0.2, 0.25) is 5.60 Å². The molecule has 6 heteroatoms. The van der Waals surface area contributed by atoms with Crippen LogP contribution < -0.4 is 5.32 Å². The summed E-state index contributed by atoms with van der Waals surface area (Å²) in [5, 5.41) is 6.60. The van der Waals surface area contributed by atoms with Crippen molar-refractivity contribution in [2.45, 2.75) is 51.7 Å². The lowest BCUT2D eigenvalue weighted by atomic mass is 9.89. The van der Waals surface area contributed by atoms with Crippen LogP contribution in [0.25, 0.3) is 0 Å². The molecule has 2 rings (SSSR count). The fourth-order valence-electron chi connectivity index (χ4n) is 2.48. The van der Waals surface area contributed by atoms with Gasteiger partial charge in [0.05, 0.1) is 12.3 Å². The second kappa shape index (κ2) is 7.03. The van der Waals surface area contributed by atoms with E-state index in [-0.39, 0.29) is 6.54 Å². The molecule has 1 aromatic rings. The van der Waals surface area contributed by atoms with Crippen molar-refractivity contribution >= 4 is 18.1 Å². The highest BCUT2D eigenvalue weighted by Gasteiger charge is 2.39. The number of nitrogens with one attached hydrogen (secondary N) is 1. The number of ether oxygens (including phenoxy) is 1. The molecule has 1 amide bonds. The zero-order chi connectivity index (χ0) is 17.8. The first-order valence-electron chi connectivity index (χ1n) is 7.95. The monoisotopic (exact) mass is 332 g/mol. The molecule has 1 aliphatic rings. The van der Waals surface area contributed by atoms with Crippen molar-refractivity contribution in [2.75, 3.05) is 6.54 Å². The lowest BCUT2D eigenvalue weighted by Gasteiger charge is -2.21. The Balaban J connectivity index is 1.93. The van der Waals surface area contributed by atoms with Crippen LogP contribution in [0, 0.1) is 6.92 Å². The van der Waals surface area contributed by atoms with Crippen molar-refractivity contribution < 1.29 is 19.2 Å². The summed E-state index contributed by atoms with van der Waals surface area (Å²) in [5.41, 5.74) is 1.19. The van der Waals surface area contributed by atoms with Gasteiger partial charge in [-0.15, -0.1) is 0 Å². The summed E-state index contributed by atoms with van der Waals surface area (Å²) in [6, 6.07) is 7.85. The molecule has 6 nitrogen and oxygen atoms in total. The molecule has 0 radical (unpaired) electrons. The van der Waals surface area contributed by atoms with E-state index in [0.717, 1.165) is 17.4 Å². The van der Waals surface area contributed by atoms with Gasteiger partial charge in [0.1, 0.15) is 5.60 Å². The molecule has 130 valence electrons. The minimum Gasteiger partial charge on any atom is -0.444 e. The first-order chi connectivity index (χ1) is 11.2. The summed E-state index contributed by atoms with van der Waals surface area (Å²) in [5.74, 6) is 0. The number of benzene rings is 1. The molecule has 1 atom stereocenters. The molecular formula is C18H24N2O4. The van der Waals surface area contributed by atoms with Gasteiger partial charge < -0.3 is 14.9 Å². The molecule has 1 unspecified atom stereocenters. The van der Waals surface area contributed by atoms with Gasteiger partial charge >= 0.3 is 6.09 Å². The Bertz CT molecular complexity index is 649. The average molecular weight is 332 g/mol. The van der Waals surface area contributed by atoms with Crippen molar-refractivity contribution in [1.82, 2.24) is 5.32 Å². The van der Waals surface area contributed by atoms with Crippen LogP contribution in [0.5, 0.6) is 0 Å². The number of alkyl carbamates (subject to hydrolysis) is 1. The molecular weight excluding hydrogens is 308 g/mol. The molecule has 1 heterocycles. The zero-order valence-corrected chi connectivity index (χ0v) is 14.6. The van der Waals surface area contributed by atoms with Crippen LogP contribution in [0.4, 0.5) is 4.79 Å². The minimum atomic E-state index is -1.00. The summed E-state index contributed by atoms with van der Waals surface area (Å²) in [7, 11) is 0. The first kappa shape index (κ1) is 18.0. The molecule has 0 bridgehead atoms. The normalized spacial score (nSPS) is 20.1. The number of rotatable bonds is 5. The lowest BCUT2D eigenvalue weighted by molar-refractivity contribution is -0.127. The molecule has 1 aliphatic heterocycles. The van der Waals surface area contributed by atoms with Gasteiger partial charge in [-0.1, -0.05) is 29.4 Å². The molecule has 0 saturated carbocycles. The third-order valence-electron chi connectivity index (χ3n) is 3.66. The van der Waals surface area contributed by atoms with E-state index in [0.29, 0.717) is 18.6 Å². The highest BCUT2D eigenvalue weighted by molar-refractivity contribution is 5.93. The Morgan fingerprint density at radius 3 is 2.75 bits per heavy atom. The number of aldehydes is 1. The maximum Gasteiger partial charge on any atom is 0.407 e. The fourth-order valence-corrected chi connectivity index (χ4v) is 2.48. The van der Waals surface area contributed by atoms with Gasteiger partial charge in [-0.25, -0.2) is 4.79 Å². The average Bonchev–Trinajstić information content (AvgIpc) is 2.90. The SMILES string of the molecule is Cc1ccccc1CC1(C=O)CC(CNC(=O)OC(C)(C)C)=NO1. The lowest BCUT2D eigenvalue weighted by Crippen LogP contribution is -2.38. The van der Waals surface area contributed by atoms with Crippen molar-refractivity contribution in [1.29, 1.82) is 0 Å². The summed E-state index contributed by atoms with van der Waals surface area (Å²) >= 11 is 0. The number of hydrogen-bond donors (Lipinski definition) is 1. The van der Waals surface area contributed by atoms with Crippen LogP contribution in [0.3, 0.4) is 0 Å². The molecule has 0 aliphatic carbocycles. The summed E-state index contributed by atoms with van der Waals surface area (Å²) < 4.78 is 5.17. The maximum absolute atomic E-state index is 11.7. The van der Waals surface area contributed by atoms with Crippen LogP contribution in [0.15, 0.2) is 29.4 Å². The van der Waals surface area contributed by atoms with Crippen LogP contribution in [-0.4, -0.2) is 35.8 Å². The van der Waals surface area contributed by atoms with Gasteiger partial charge in [0.25, 0.3) is 0 Å². The van der Waals surface area contributed by atoms with E-state index in [1.807, 2.05) is 31.2 Å². The fraction of sp³-hybridized carbons (Fsp3) is 0.500. The second-order valence-corrected chi connectivity index (χ2v) is 7.07. The summed E-state index contributed by atoms with van der Waals surface area (Å²) in [6.07, 6.45) is 1.07. The van der Waals surface area contributed by atoms with Crippen molar-refractivity contribution in [3.8, 4) is 0 Å². The third-order valence-corrected chi connectivity index (χ3v) is 3.66. The summed E-state index contributed by atoms with van der Waals surface area (Å²) in [6.45, 7) is 7.57. The number of carbonyl (C=O) groups is 2. The maximum atomic E-state index is 11.7. The number of oxime groups is 1. The predicted molar refractivity (Wildman–Crippen MR) is 91.1 cm³/mol. The van der Waals surface area contributed by atoms with E-state index in [1.165, 1.54) is 0 Å². The predicted octanol–water partition coefficient (Wildman–Crippen LogP) is 2.78. The van der Waals surface area contributed by atoms with Crippen molar-refractivity contribution in [2.24, 2.45) is 5.16 Å². The molecule has 1 N–H and O–H groups in total.